The van der Waals surface area contributed by atoms with Crippen molar-refractivity contribution in [2.45, 2.75) is 31.8 Å². The van der Waals surface area contributed by atoms with Crippen LogP contribution in [-0.2, 0) is 0 Å². The standard InChI is InChI=1S/C10H19N3O/c1-3-11-10(14)13-6-8-4-5-9(7-13)12(8)2/h8-9H,3-7H2,1-2H3,(H,11,14)/t8-,9-/m1/s1. The molecule has 2 rings (SSSR count). The number of fused-ring (bicyclic) bond motifs is 2. The van der Waals surface area contributed by atoms with Gasteiger partial charge in [-0.05, 0) is 26.8 Å². The molecule has 0 aromatic rings. The summed E-state index contributed by atoms with van der Waals surface area (Å²) in [5, 5.41) is 2.87. The number of carbonyl (C=O) groups excluding carboxylic acids is 1. The van der Waals surface area contributed by atoms with Gasteiger partial charge in [-0.15, -0.1) is 0 Å². The highest BCUT2D eigenvalue weighted by Crippen LogP contribution is 2.28. The molecule has 0 radical (unpaired) electrons. The SMILES string of the molecule is CCNC(=O)N1C[C@H]2CC[C@H](C1)N2C. The largest absolute Gasteiger partial charge is 0.338 e. The topological polar surface area (TPSA) is 35.6 Å². The molecule has 2 aliphatic rings. The lowest BCUT2D eigenvalue weighted by atomic mass is 10.2. The third-order valence-electron chi connectivity index (χ3n) is 3.46. The number of hydrogen-bond donors (Lipinski definition) is 1. The van der Waals surface area contributed by atoms with E-state index in [2.05, 4.69) is 17.3 Å². The van der Waals surface area contributed by atoms with Crippen LogP contribution in [0.15, 0.2) is 0 Å². The minimum atomic E-state index is 0.109. The second-order valence-electron chi connectivity index (χ2n) is 4.29. The first-order valence-electron chi connectivity index (χ1n) is 5.47. The lowest BCUT2D eigenvalue weighted by Crippen LogP contribution is -2.55. The molecule has 1 N–H and O–H groups in total. The number of hydrogen-bond acceptors (Lipinski definition) is 2. The van der Waals surface area contributed by atoms with Crippen molar-refractivity contribution in [1.29, 1.82) is 0 Å². The van der Waals surface area contributed by atoms with Crippen molar-refractivity contribution in [2.75, 3.05) is 26.7 Å². The molecule has 0 aromatic carbocycles. The quantitative estimate of drug-likeness (QED) is 0.664. The molecule has 0 spiro atoms. The van der Waals surface area contributed by atoms with Crippen molar-refractivity contribution >= 4 is 6.03 Å². The summed E-state index contributed by atoms with van der Waals surface area (Å²) in [6, 6.07) is 1.30. The second-order valence-corrected chi connectivity index (χ2v) is 4.29. The van der Waals surface area contributed by atoms with E-state index in [9.17, 15) is 4.79 Å². The molecule has 0 saturated carbocycles. The van der Waals surface area contributed by atoms with E-state index in [0.29, 0.717) is 12.1 Å². The number of urea groups is 1. The van der Waals surface area contributed by atoms with Crippen LogP contribution in [0, 0.1) is 0 Å². The van der Waals surface area contributed by atoms with Crippen LogP contribution in [0.25, 0.3) is 0 Å². The fourth-order valence-corrected chi connectivity index (χ4v) is 2.54. The highest BCUT2D eigenvalue weighted by atomic mass is 16.2. The van der Waals surface area contributed by atoms with Gasteiger partial charge in [-0.25, -0.2) is 4.79 Å². The summed E-state index contributed by atoms with van der Waals surface area (Å²) in [4.78, 5) is 16.0. The van der Waals surface area contributed by atoms with Crippen molar-refractivity contribution in [2.24, 2.45) is 0 Å². The summed E-state index contributed by atoms with van der Waals surface area (Å²) in [5.74, 6) is 0. The number of piperazine rings is 1. The third kappa shape index (κ3) is 1.59. The molecule has 80 valence electrons. The lowest BCUT2D eigenvalue weighted by Gasteiger charge is -2.38. The molecule has 2 bridgehead atoms. The van der Waals surface area contributed by atoms with E-state index in [0.717, 1.165) is 19.6 Å². The summed E-state index contributed by atoms with van der Waals surface area (Å²) in [6.07, 6.45) is 2.49. The van der Waals surface area contributed by atoms with Crippen molar-refractivity contribution in [3.05, 3.63) is 0 Å². The first-order chi connectivity index (χ1) is 6.72. The van der Waals surface area contributed by atoms with Crippen molar-refractivity contribution in [1.82, 2.24) is 15.1 Å². The third-order valence-corrected chi connectivity index (χ3v) is 3.46. The van der Waals surface area contributed by atoms with E-state index < -0.39 is 0 Å². The summed E-state index contributed by atoms with van der Waals surface area (Å²) in [6.45, 7) is 4.49. The summed E-state index contributed by atoms with van der Waals surface area (Å²) < 4.78 is 0. The fourth-order valence-electron chi connectivity index (χ4n) is 2.54. The van der Waals surface area contributed by atoms with E-state index in [1.807, 2.05) is 11.8 Å². The maximum absolute atomic E-state index is 11.6. The number of nitrogens with one attached hydrogen (secondary N) is 1. The Bertz CT molecular complexity index is 217. The van der Waals surface area contributed by atoms with E-state index >= 15 is 0 Å². The van der Waals surface area contributed by atoms with Gasteiger partial charge in [-0.1, -0.05) is 0 Å². The molecule has 2 aliphatic heterocycles. The Morgan fingerprint density at radius 3 is 2.43 bits per heavy atom. The number of likely N-dealkylation sites (N-methyl/N-ethyl adjacent to an activating group) is 1. The predicted octanol–water partition coefficient (Wildman–Crippen LogP) is 0.494. The first-order valence-corrected chi connectivity index (χ1v) is 5.47. The van der Waals surface area contributed by atoms with Crippen LogP contribution in [0.1, 0.15) is 19.8 Å². The summed E-state index contributed by atoms with van der Waals surface area (Å²) >= 11 is 0. The number of carbonyl (C=O) groups is 1. The zero-order valence-corrected chi connectivity index (χ0v) is 8.99. The van der Waals surface area contributed by atoms with Gasteiger partial charge in [-0.2, -0.15) is 0 Å². The summed E-state index contributed by atoms with van der Waals surface area (Å²) in [7, 11) is 2.18. The average Bonchev–Trinajstić information content (AvgIpc) is 2.42. The minimum absolute atomic E-state index is 0.109. The van der Waals surface area contributed by atoms with E-state index in [4.69, 9.17) is 0 Å². The van der Waals surface area contributed by atoms with Gasteiger partial charge in [-0.3, -0.25) is 4.90 Å². The monoisotopic (exact) mass is 197 g/mol. The van der Waals surface area contributed by atoms with Crippen LogP contribution in [0.3, 0.4) is 0 Å². The van der Waals surface area contributed by atoms with Crippen molar-refractivity contribution < 1.29 is 4.79 Å². The number of nitrogens with zero attached hydrogens (tertiary/aromatic N) is 2. The van der Waals surface area contributed by atoms with Gasteiger partial charge in [0.05, 0.1) is 0 Å². The Morgan fingerprint density at radius 2 is 1.93 bits per heavy atom. The van der Waals surface area contributed by atoms with Crippen LogP contribution in [-0.4, -0.2) is 54.6 Å². The minimum Gasteiger partial charge on any atom is -0.338 e. The molecular formula is C10H19N3O. The molecule has 2 atom stereocenters. The Hall–Kier alpha value is -0.770. The average molecular weight is 197 g/mol. The molecule has 2 amide bonds. The van der Waals surface area contributed by atoms with Gasteiger partial charge in [0.15, 0.2) is 0 Å². The van der Waals surface area contributed by atoms with Crippen LogP contribution >= 0.6 is 0 Å². The molecule has 2 fully saturated rings. The van der Waals surface area contributed by atoms with E-state index in [1.165, 1.54) is 12.8 Å². The normalized spacial score (nSPS) is 32.0. The van der Waals surface area contributed by atoms with Crippen LogP contribution in [0.4, 0.5) is 4.79 Å². The molecule has 4 heteroatoms. The highest BCUT2D eigenvalue weighted by molar-refractivity contribution is 5.74. The van der Waals surface area contributed by atoms with Gasteiger partial charge in [0.1, 0.15) is 0 Å². The van der Waals surface area contributed by atoms with Gasteiger partial charge >= 0.3 is 6.03 Å². The second kappa shape index (κ2) is 3.77. The number of likely N-dealkylation sites (tertiary alicyclic amines) is 1. The molecule has 0 aliphatic carbocycles. The van der Waals surface area contributed by atoms with E-state index in [-0.39, 0.29) is 6.03 Å². The highest BCUT2D eigenvalue weighted by Gasteiger charge is 2.38. The molecule has 14 heavy (non-hydrogen) atoms. The van der Waals surface area contributed by atoms with Crippen molar-refractivity contribution in [3.63, 3.8) is 0 Å². The molecule has 0 aromatic heterocycles. The van der Waals surface area contributed by atoms with Gasteiger partial charge in [0, 0.05) is 31.7 Å². The van der Waals surface area contributed by atoms with Crippen LogP contribution in [0.5, 0.6) is 0 Å². The molecule has 0 unspecified atom stereocenters. The molecule has 2 saturated heterocycles. The zero-order valence-electron chi connectivity index (χ0n) is 8.99. The zero-order chi connectivity index (χ0) is 10.1. The smallest absolute Gasteiger partial charge is 0.317 e. The Morgan fingerprint density at radius 1 is 1.36 bits per heavy atom. The molecular weight excluding hydrogens is 178 g/mol. The predicted molar refractivity (Wildman–Crippen MR) is 55.2 cm³/mol. The first kappa shape index (κ1) is 9.77. The fraction of sp³-hybridized carbons (Fsp3) is 0.900. The summed E-state index contributed by atoms with van der Waals surface area (Å²) in [5.41, 5.74) is 0. The van der Waals surface area contributed by atoms with Crippen molar-refractivity contribution in [3.8, 4) is 0 Å². The van der Waals surface area contributed by atoms with Gasteiger partial charge in [0.2, 0.25) is 0 Å². The molecule has 4 nitrogen and oxygen atoms in total. The van der Waals surface area contributed by atoms with Crippen LogP contribution in [0.2, 0.25) is 0 Å². The molecule has 2 heterocycles. The maximum Gasteiger partial charge on any atom is 0.317 e. The maximum atomic E-state index is 11.6. The Kier molecular flexibility index (Phi) is 2.63. The van der Waals surface area contributed by atoms with Gasteiger partial charge < -0.3 is 10.2 Å². The number of amides is 2. The lowest BCUT2D eigenvalue weighted by molar-refractivity contribution is 0.104. The van der Waals surface area contributed by atoms with Gasteiger partial charge in [0.25, 0.3) is 0 Å². The Balaban J connectivity index is 1.95. The Labute approximate surface area is 85.2 Å². The number of rotatable bonds is 1. The van der Waals surface area contributed by atoms with E-state index in [1.54, 1.807) is 0 Å². The van der Waals surface area contributed by atoms with Crippen LogP contribution < -0.4 is 5.32 Å².